The van der Waals surface area contributed by atoms with Gasteiger partial charge in [0, 0.05) is 39.1 Å². The first-order valence-corrected chi connectivity index (χ1v) is 7.29. The second-order valence-corrected chi connectivity index (χ2v) is 5.20. The molecular weight excluding hydrogens is 250 g/mol. The molecule has 1 aromatic carbocycles. The Bertz CT molecular complexity index is 381. The second kappa shape index (κ2) is 9.50. The van der Waals surface area contributed by atoms with Crippen molar-refractivity contribution >= 4 is 5.91 Å². The zero-order valence-electron chi connectivity index (χ0n) is 12.9. The van der Waals surface area contributed by atoms with Gasteiger partial charge in [0.15, 0.2) is 0 Å². The van der Waals surface area contributed by atoms with E-state index in [1.165, 1.54) is 5.56 Å². The molecule has 0 heterocycles. The number of nitrogens with one attached hydrogen (secondary N) is 2. The number of rotatable bonds is 9. The molecule has 0 aliphatic heterocycles. The van der Waals surface area contributed by atoms with Gasteiger partial charge < -0.3 is 15.5 Å². The molecule has 1 aromatic rings. The predicted molar refractivity (Wildman–Crippen MR) is 83.7 cm³/mol. The van der Waals surface area contributed by atoms with E-state index < -0.39 is 0 Å². The number of benzene rings is 1. The number of amides is 1. The van der Waals surface area contributed by atoms with Crippen LogP contribution in [0.15, 0.2) is 30.3 Å². The van der Waals surface area contributed by atoms with Gasteiger partial charge in [-0.05, 0) is 19.0 Å². The molecule has 0 fully saturated rings. The van der Waals surface area contributed by atoms with Crippen LogP contribution < -0.4 is 10.6 Å². The molecule has 20 heavy (non-hydrogen) atoms. The Morgan fingerprint density at radius 3 is 2.55 bits per heavy atom. The van der Waals surface area contributed by atoms with Crippen LogP contribution in [0.4, 0.5) is 0 Å². The van der Waals surface area contributed by atoms with Crippen LogP contribution in [0.5, 0.6) is 0 Å². The maximum Gasteiger partial charge on any atom is 0.225 e. The minimum atomic E-state index is 0.0275. The van der Waals surface area contributed by atoms with Crippen LogP contribution in [-0.2, 0) is 11.2 Å². The molecule has 1 amide bonds. The van der Waals surface area contributed by atoms with E-state index in [1.54, 1.807) is 0 Å². The van der Waals surface area contributed by atoms with E-state index in [0.29, 0.717) is 0 Å². The van der Waals surface area contributed by atoms with Gasteiger partial charge in [-0.15, -0.1) is 0 Å². The molecule has 4 heteroatoms. The van der Waals surface area contributed by atoms with Gasteiger partial charge in [0.05, 0.1) is 0 Å². The molecule has 0 saturated carbocycles. The SMILES string of the molecule is CNCCNCCN(C)C(=O)[C@H](C)Cc1ccccc1. The third-order valence-corrected chi connectivity index (χ3v) is 3.36. The Hall–Kier alpha value is -1.39. The summed E-state index contributed by atoms with van der Waals surface area (Å²) >= 11 is 0. The normalized spacial score (nSPS) is 12.2. The topological polar surface area (TPSA) is 44.4 Å². The Morgan fingerprint density at radius 1 is 1.20 bits per heavy atom. The molecule has 0 bridgehead atoms. The molecule has 0 aliphatic carbocycles. The van der Waals surface area contributed by atoms with Crippen LogP contribution >= 0.6 is 0 Å². The number of hydrogen-bond donors (Lipinski definition) is 2. The van der Waals surface area contributed by atoms with Gasteiger partial charge in [0.2, 0.25) is 5.91 Å². The van der Waals surface area contributed by atoms with Gasteiger partial charge in [0.1, 0.15) is 0 Å². The van der Waals surface area contributed by atoms with Crippen molar-refractivity contribution in [2.45, 2.75) is 13.3 Å². The van der Waals surface area contributed by atoms with Gasteiger partial charge in [-0.25, -0.2) is 0 Å². The van der Waals surface area contributed by atoms with E-state index in [-0.39, 0.29) is 11.8 Å². The maximum atomic E-state index is 12.3. The van der Waals surface area contributed by atoms with E-state index in [9.17, 15) is 4.79 Å². The molecule has 0 aromatic heterocycles. The molecule has 0 spiro atoms. The predicted octanol–water partition coefficient (Wildman–Crippen LogP) is 1.13. The van der Waals surface area contributed by atoms with Crippen LogP contribution in [-0.4, -0.2) is 51.1 Å². The minimum absolute atomic E-state index is 0.0275. The van der Waals surface area contributed by atoms with E-state index in [1.807, 2.05) is 44.1 Å². The van der Waals surface area contributed by atoms with Crippen molar-refractivity contribution < 1.29 is 4.79 Å². The van der Waals surface area contributed by atoms with E-state index >= 15 is 0 Å². The molecule has 112 valence electrons. The zero-order valence-corrected chi connectivity index (χ0v) is 12.9. The zero-order chi connectivity index (χ0) is 14.8. The average Bonchev–Trinajstić information content (AvgIpc) is 2.47. The summed E-state index contributed by atoms with van der Waals surface area (Å²) < 4.78 is 0. The summed E-state index contributed by atoms with van der Waals surface area (Å²) in [4.78, 5) is 14.1. The lowest BCUT2D eigenvalue weighted by Gasteiger charge is -2.21. The number of carbonyl (C=O) groups excluding carboxylic acids is 1. The van der Waals surface area contributed by atoms with Crippen LogP contribution in [0, 0.1) is 5.92 Å². The average molecular weight is 277 g/mol. The fourth-order valence-corrected chi connectivity index (χ4v) is 2.13. The number of hydrogen-bond acceptors (Lipinski definition) is 3. The smallest absolute Gasteiger partial charge is 0.225 e. The van der Waals surface area contributed by atoms with Crippen molar-refractivity contribution in [1.29, 1.82) is 0 Å². The quantitative estimate of drug-likeness (QED) is 0.665. The molecule has 4 nitrogen and oxygen atoms in total. The van der Waals surface area contributed by atoms with Gasteiger partial charge in [0.25, 0.3) is 0 Å². The first kappa shape index (κ1) is 16.7. The number of carbonyl (C=O) groups is 1. The molecule has 2 N–H and O–H groups in total. The summed E-state index contributed by atoms with van der Waals surface area (Å²) in [7, 11) is 3.81. The second-order valence-electron chi connectivity index (χ2n) is 5.20. The number of likely N-dealkylation sites (N-methyl/N-ethyl adjacent to an activating group) is 2. The van der Waals surface area contributed by atoms with Crippen molar-refractivity contribution in [3.63, 3.8) is 0 Å². The first-order chi connectivity index (χ1) is 9.65. The van der Waals surface area contributed by atoms with Crippen LogP contribution in [0.1, 0.15) is 12.5 Å². The summed E-state index contributed by atoms with van der Waals surface area (Å²) in [6.45, 7) is 5.46. The standard InChI is InChI=1S/C16H27N3O/c1-14(13-15-7-5-4-6-8-15)16(20)19(3)12-11-18-10-9-17-2/h4-8,14,17-18H,9-13H2,1-3H3/t14-/m1/s1. The lowest BCUT2D eigenvalue weighted by molar-refractivity contribution is -0.133. The van der Waals surface area contributed by atoms with Crippen molar-refractivity contribution in [1.82, 2.24) is 15.5 Å². The van der Waals surface area contributed by atoms with Crippen molar-refractivity contribution in [3.8, 4) is 0 Å². The fraction of sp³-hybridized carbons (Fsp3) is 0.562. The van der Waals surface area contributed by atoms with E-state index in [0.717, 1.165) is 32.6 Å². The molecule has 1 atom stereocenters. The summed E-state index contributed by atoms with van der Waals surface area (Å²) in [6, 6.07) is 10.2. The largest absolute Gasteiger partial charge is 0.344 e. The first-order valence-electron chi connectivity index (χ1n) is 7.29. The highest BCUT2D eigenvalue weighted by Crippen LogP contribution is 2.10. The van der Waals surface area contributed by atoms with E-state index in [2.05, 4.69) is 22.8 Å². The summed E-state index contributed by atoms with van der Waals surface area (Å²) in [6.07, 6.45) is 0.803. The van der Waals surface area contributed by atoms with Crippen LogP contribution in [0.2, 0.25) is 0 Å². The molecule has 0 aliphatic rings. The molecule has 0 radical (unpaired) electrons. The monoisotopic (exact) mass is 277 g/mol. The van der Waals surface area contributed by atoms with E-state index in [4.69, 9.17) is 0 Å². The van der Waals surface area contributed by atoms with Crippen LogP contribution in [0.25, 0.3) is 0 Å². The third kappa shape index (κ3) is 6.17. The molecule has 0 saturated heterocycles. The van der Waals surface area contributed by atoms with Crippen molar-refractivity contribution in [2.75, 3.05) is 40.3 Å². The van der Waals surface area contributed by atoms with Gasteiger partial charge in [-0.2, -0.15) is 0 Å². The van der Waals surface area contributed by atoms with Gasteiger partial charge >= 0.3 is 0 Å². The maximum absolute atomic E-state index is 12.3. The highest BCUT2D eigenvalue weighted by Gasteiger charge is 2.17. The van der Waals surface area contributed by atoms with Crippen molar-refractivity contribution in [3.05, 3.63) is 35.9 Å². The van der Waals surface area contributed by atoms with Gasteiger partial charge in [-0.1, -0.05) is 37.3 Å². The molecular formula is C16H27N3O. The summed E-state index contributed by atoms with van der Waals surface area (Å²) in [5.74, 6) is 0.240. The Morgan fingerprint density at radius 2 is 1.90 bits per heavy atom. The van der Waals surface area contributed by atoms with Crippen molar-refractivity contribution in [2.24, 2.45) is 5.92 Å². The summed E-state index contributed by atoms with van der Waals surface area (Å²) in [5.41, 5.74) is 1.22. The Kier molecular flexibility index (Phi) is 7.92. The molecule has 0 unspecified atom stereocenters. The van der Waals surface area contributed by atoms with Crippen LogP contribution in [0.3, 0.4) is 0 Å². The van der Waals surface area contributed by atoms with Gasteiger partial charge in [-0.3, -0.25) is 4.79 Å². The fourth-order valence-electron chi connectivity index (χ4n) is 2.13. The minimum Gasteiger partial charge on any atom is -0.344 e. The Balaban J connectivity index is 2.29. The third-order valence-electron chi connectivity index (χ3n) is 3.36. The highest BCUT2D eigenvalue weighted by atomic mass is 16.2. The lowest BCUT2D eigenvalue weighted by Crippen LogP contribution is -2.38. The lowest BCUT2D eigenvalue weighted by atomic mass is 10.00. The highest BCUT2D eigenvalue weighted by molar-refractivity contribution is 5.78. The Labute approximate surface area is 122 Å². The summed E-state index contributed by atoms with van der Waals surface area (Å²) in [5, 5.41) is 6.39. The molecule has 1 rings (SSSR count). The number of nitrogens with zero attached hydrogens (tertiary/aromatic N) is 1.